The Bertz CT molecular complexity index is 1010. The van der Waals surface area contributed by atoms with E-state index in [1.807, 2.05) is 48.7 Å². The maximum Gasteiger partial charge on any atom is 0.170 e. The lowest BCUT2D eigenvalue weighted by molar-refractivity contribution is 0.179. The van der Waals surface area contributed by atoms with E-state index in [4.69, 9.17) is 28.2 Å². The van der Waals surface area contributed by atoms with Crippen molar-refractivity contribution in [1.29, 1.82) is 0 Å². The van der Waals surface area contributed by atoms with Crippen molar-refractivity contribution in [3.8, 4) is 11.3 Å². The maximum absolute atomic E-state index is 6.40. The predicted molar refractivity (Wildman–Crippen MR) is 123 cm³/mol. The monoisotopic (exact) mass is 437 g/mol. The van der Waals surface area contributed by atoms with Gasteiger partial charge in [0, 0.05) is 22.8 Å². The third kappa shape index (κ3) is 3.72. The van der Waals surface area contributed by atoms with Crippen molar-refractivity contribution in [2.24, 2.45) is 0 Å². The molecule has 2 aromatic heterocycles. The normalized spacial score (nSPS) is 22.3. The lowest BCUT2D eigenvalue weighted by Gasteiger charge is -2.36. The molecule has 154 valence electrons. The number of nitrogens with one attached hydrogen (secondary N) is 1. The minimum Gasteiger partial charge on any atom is -0.459 e. The molecule has 4 nitrogen and oxygen atoms in total. The third-order valence-corrected chi connectivity index (χ3v) is 6.73. The molecule has 30 heavy (non-hydrogen) atoms. The van der Waals surface area contributed by atoms with Gasteiger partial charge in [0.05, 0.1) is 11.7 Å². The average Bonchev–Trinajstić information content (AvgIpc) is 3.40. The molecule has 0 radical (unpaired) electrons. The van der Waals surface area contributed by atoms with Crippen molar-refractivity contribution in [2.75, 3.05) is 0 Å². The number of nitrogens with zero attached hydrogens (tertiary/aromatic N) is 2. The fraction of sp³-hybridized carbons (Fsp3) is 0.333. The van der Waals surface area contributed by atoms with E-state index in [-0.39, 0.29) is 12.1 Å². The number of aromatic nitrogens is 1. The molecule has 2 fully saturated rings. The quantitative estimate of drug-likeness (QED) is 0.485. The molecule has 6 heteroatoms. The van der Waals surface area contributed by atoms with E-state index in [0.717, 1.165) is 45.8 Å². The molecular weight excluding hydrogens is 414 g/mol. The van der Waals surface area contributed by atoms with Gasteiger partial charge in [0.1, 0.15) is 17.6 Å². The SMILES string of the molecule is S=C1N[C@@H](c2ccccn2)[C@@H](c2ccc(-c3ccc(Cl)cc3)o2)N1C1CCCCC1. The first-order valence-corrected chi connectivity index (χ1v) is 11.3. The molecule has 1 saturated heterocycles. The molecule has 0 bridgehead atoms. The van der Waals surface area contributed by atoms with E-state index in [2.05, 4.69) is 27.3 Å². The van der Waals surface area contributed by atoms with Crippen molar-refractivity contribution in [3.63, 3.8) is 0 Å². The highest BCUT2D eigenvalue weighted by atomic mass is 35.5. The summed E-state index contributed by atoms with van der Waals surface area (Å²) >= 11 is 11.9. The Hall–Kier alpha value is -2.37. The molecule has 2 aliphatic rings. The standard InChI is InChI=1S/C24H24ClN3OS/c25-17-11-9-16(10-12-17)20-13-14-21(29-20)23-22(19-8-4-5-15-26-19)27-24(30)28(23)18-6-2-1-3-7-18/h4-5,8-15,18,22-23H,1-3,6-7H2,(H,27,30)/t22-,23+/m0/s1. The molecule has 5 rings (SSSR count). The van der Waals surface area contributed by atoms with Crippen LogP contribution in [0.4, 0.5) is 0 Å². The highest BCUT2D eigenvalue weighted by molar-refractivity contribution is 7.80. The van der Waals surface area contributed by atoms with Crippen LogP contribution in [0.1, 0.15) is 55.6 Å². The van der Waals surface area contributed by atoms with Crippen LogP contribution in [0.2, 0.25) is 5.02 Å². The summed E-state index contributed by atoms with van der Waals surface area (Å²) in [5.41, 5.74) is 1.99. The minimum atomic E-state index is -0.0372. The Kier molecular flexibility index (Phi) is 5.48. The molecule has 1 aromatic carbocycles. The summed E-state index contributed by atoms with van der Waals surface area (Å²) in [6.45, 7) is 0. The first-order valence-electron chi connectivity index (χ1n) is 10.6. The molecule has 1 aliphatic heterocycles. The predicted octanol–water partition coefficient (Wildman–Crippen LogP) is 6.30. The van der Waals surface area contributed by atoms with Crippen LogP contribution >= 0.6 is 23.8 Å². The second-order valence-corrected chi connectivity index (χ2v) is 8.86. The largest absolute Gasteiger partial charge is 0.459 e. The van der Waals surface area contributed by atoms with Crippen molar-refractivity contribution < 1.29 is 4.42 Å². The second-order valence-electron chi connectivity index (χ2n) is 8.03. The van der Waals surface area contributed by atoms with Gasteiger partial charge in [-0.15, -0.1) is 0 Å². The highest BCUT2D eigenvalue weighted by Crippen LogP contribution is 2.43. The molecular formula is C24H24ClN3OS. The molecule has 1 saturated carbocycles. The Morgan fingerprint density at radius 1 is 1.00 bits per heavy atom. The van der Waals surface area contributed by atoms with E-state index in [9.17, 15) is 0 Å². The van der Waals surface area contributed by atoms with Gasteiger partial charge in [0.25, 0.3) is 0 Å². The van der Waals surface area contributed by atoms with Gasteiger partial charge in [-0.3, -0.25) is 4.98 Å². The van der Waals surface area contributed by atoms with Gasteiger partial charge < -0.3 is 14.6 Å². The van der Waals surface area contributed by atoms with E-state index in [1.165, 1.54) is 19.3 Å². The molecule has 3 heterocycles. The average molecular weight is 438 g/mol. The first-order chi connectivity index (χ1) is 14.7. The smallest absolute Gasteiger partial charge is 0.170 e. The number of thiocarbonyl (C=S) groups is 1. The first kappa shape index (κ1) is 19.6. The lowest BCUT2D eigenvalue weighted by Crippen LogP contribution is -2.40. The lowest BCUT2D eigenvalue weighted by atomic mass is 9.92. The van der Waals surface area contributed by atoms with Gasteiger partial charge in [0.2, 0.25) is 0 Å². The topological polar surface area (TPSA) is 41.3 Å². The number of halogens is 1. The number of furan rings is 1. The van der Waals surface area contributed by atoms with Gasteiger partial charge in [0.15, 0.2) is 5.11 Å². The summed E-state index contributed by atoms with van der Waals surface area (Å²) < 4.78 is 6.40. The Morgan fingerprint density at radius 2 is 1.80 bits per heavy atom. The van der Waals surface area contributed by atoms with Crippen LogP contribution in [0, 0.1) is 0 Å². The van der Waals surface area contributed by atoms with Crippen molar-refractivity contribution >= 4 is 28.9 Å². The number of rotatable bonds is 4. The van der Waals surface area contributed by atoms with Crippen molar-refractivity contribution in [3.05, 3.63) is 77.3 Å². The molecule has 0 spiro atoms. The van der Waals surface area contributed by atoms with Gasteiger partial charge in [-0.25, -0.2) is 0 Å². The molecule has 3 aromatic rings. The summed E-state index contributed by atoms with van der Waals surface area (Å²) in [5, 5.41) is 5.06. The van der Waals surface area contributed by atoms with Crippen LogP contribution in [0.5, 0.6) is 0 Å². The number of pyridine rings is 1. The van der Waals surface area contributed by atoms with Crippen LogP contribution in [0.25, 0.3) is 11.3 Å². The summed E-state index contributed by atoms with van der Waals surface area (Å²) in [5.74, 6) is 1.75. The Morgan fingerprint density at radius 3 is 2.53 bits per heavy atom. The zero-order valence-electron chi connectivity index (χ0n) is 16.6. The molecule has 1 N–H and O–H groups in total. The van der Waals surface area contributed by atoms with Crippen LogP contribution in [0.3, 0.4) is 0 Å². The van der Waals surface area contributed by atoms with E-state index >= 15 is 0 Å². The van der Waals surface area contributed by atoms with Crippen LogP contribution in [0.15, 0.2) is 65.2 Å². The van der Waals surface area contributed by atoms with E-state index < -0.39 is 0 Å². The minimum absolute atomic E-state index is 0.0171. The van der Waals surface area contributed by atoms with E-state index in [0.29, 0.717) is 6.04 Å². The van der Waals surface area contributed by atoms with Crippen molar-refractivity contribution in [1.82, 2.24) is 15.2 Å². The van der Waals surface area contributed by atoms with E-state index in [1.54, 1.807) is 0 Å². The summed E-state index contributed by atoms with van der Waals surface area (Å²) in [6, 6.07) is 18.3. The molecule has 1 aliphatic carbocycles. The number of hydrogen-bond donors (Lipinski definition) is 1. The Balaban J connectivity index is 1.53. The number of hydrogen-bond acceptors (Lipinski definition) is 3. The molecule has 0 amide bonds. The highest BCUT2D eigenvalue weighted by Gasteiger charge is 2.44. The van der Waals surface area contributed by atoms with Crippen molar-refractivity contribution in [2.45, 2.75) is 50.2 Å². The van der Waals surface area contributed by atoms with Crippen LogP contribution in [-0.2, 0) is 0 Å². The second kappa shape index (κ2) is 8.40. The van der Waals surface area contributed by atoms with Gasteiger partial charge in [-0.1, -0.05) is 36.9 Å². The third-order valence-electron chi connectivity index (χ3n) is 6.15. The summed E-state index contributed by atoms with van der Waals surface area (Å²) in [7, 11) is 0. The Labute approximate surface area is 187 Å². The zero-order chi connectivity index (χ0) is 20.5. The van der Waals surface area contributed by atoms with Gasteiger partial charge >= 0.3 is 0 Å². The summed E-state index contributed by atoms with van der Waals surface area (Å²) in [6.07, 6.45) is 7.97. The maximum atomic E-state index is 6.40. The van der Waals surface area contributed by atoms with Gasteiger partial charge in [-0.2, -0.15) is 0 Å². The molecule has 2 atom stereocenters. The number of benzene rings is 1. The van der Waals surface area contributed by atoms with Gasteiger partial charge in [-0.05, 0) is 73.6 Å². The van der Waals surface area contributed by atoms with Crippen LogP contribution < -0.4 is 5.32 Å². The van der Waals surface area contributed by atoms with Crippen LogP contribution in [-0.4, -0.2) is 21.0 Å². The fourth-order valence-electron chi connectivity index (χ4n) is 4.70. The fourth-order valence-corrected chi connectivity index (χ4v) is 5.22. The summed E-state index contributed by atoms with van der Waals surface area (Å²) in [4.78, 5) is 6.99. The molecule has 0 unspecified atom stereocenters. The zero-order valence-corrected chi connectivity index (χ0v) is 18.2.